The Morgan fingerprint density at radius 1 is 1.37 bits per heavy atom. The molecule has 0 unspecified atom stereocenters. The Morgan fingerprint density at radius 3 is 2.68 bits per heavy atom. The van der Waals surface area contributed by atoms with Gasteiger partial charge in [0.15, 0.2) is 0 Å². The molecule has 19 heavy (non-hydrogen) atoms. The molecule has 0 aliphatic heterocycles. The number of alkyl halides is 1. The monoisotopic (exact) mass is 345 g/mol. The molecule has 0 saturated heterocycles. The van der Waals surface area contributed by atoms with Gasteiger partial charge in [0.1, 0.15) is 0 Å². The molecule has 4 heteroatoms. The van der Waals surface area contributed by atoms with Gasteiger partial charge in [0.2, 0.25) is 5.91 Å². The number of benzene rings is 1. The lowest BCUT2D eigenvalue weighted by atomic mass is 9.88. The maximum absolute atomic E-state index is 11.9. The zero-order valence-electron chi connectivity index (χ0n) is 11.5. The molecule has 1 aromatic carbocycles. The van der Waals surface area contributed by atoms with E-state index >= 15 is 0 Å². The molecule has 0 aliphatic rings. The van der Waals surface area contributed by atoms with Crippen LogP contribution in [0.2, 0.25) is 5.02 Å². The zero-order valence-corrected chi connectivity index (χ0v) is 13.9. The van der Waals surface area contributed by atoms with Crippen molar-refractivity contribution in [1.82, 2.24) is 5.32 Å². The second-order valence-electron chi connectivity index (χ2n) is 5.50. The summed E-state index contributed by atoms with van der Waals surface area (Å²) in [5, 5.41) is 4.65. The first-order chi connectivity index (χ1) is 8.94. The highest BCUT2D eigenvalue weighted by Gasteiger charge is 2.18. The van der Waals surface area contributed by atoms with Gasteiger partial charge in [0.05, 0.1) is 6.42 Å². The van der Waals surface area contributed by atoms with Crippen LogP contribution in [0.25, 0.3) is 0 Å². The van der Waals surface area contributed by atoms with E-state index in [4.69, 9.17) is 11.6 Å². The predicted molar refractivity (Wildman–Crippen MR) is 85.0 cm³/mol. The quantitative estimate of drug-likeness (QED) is 0.737. The van der Waals surface area contributed by atoms with Crippen LogP contribution in [0.15, 0.2) is 24.3 Å². The van der Waals surface area contributed by atoms with Crippen molar-refractivity contribution in [3.8, 4) is 0 Å². The van der Waals surface area contributed by atoms with Crippen LogP contribution in [0.1, 0.15) is 32.3 Å². The number of amides is 1. The maximum Gasteiger partial charge on any atom is 0.224 e. The van der Waals surface area contributed by atoms with E-state index in [1.54, 1.807) is 0 Å². The second kappa shape index (κ2) is 7.91. The third-order valence-electron chi connectivity index (χ3n) is 3.06. The van der Waals surface area contributed by atoms with Crippen LogP contribution in [0.5, 0.6) is 0 Å². The van der Waals surface area contributed by atoms with Crippen LogP contribution in [0.4, 0.5) is 0 Å². The van der Waals surface area contributed by atoms with Gasteiger partial charge in [0.25, 0.3) is 0 Å². The summed E-state index contributed by atoms with van der Waals surface area (Å²) in [6, 6.07) is 7.46. The number of rotatable bonds is 7. The molecule has 2 nitrogen and oxygen atoms in total. The average Bonchev–Trinajstić information content (AvgIpc) is 2.37. The summed E-state index contributed by atoms with van der Waals surface area (Å²) in [6.45, 7) is 5.04. The summed E-state index contributed by atoms with van der Waals surface area (Å²) in [7, 11) is 0. The van der Waals surface area contributed by atoms with Crippen molar-refractivity contribution < 1.29 is 4.79 Å². The summed E-state index contributed by atoms with van der Waals surface area (Å²) >= 11 is 9.47. The van der Waals surface area contributed by atoms with Crippen LogP contribution < -0.4 is 5.32 Å². The van der Waals surface area contributed by atoms with Gasteiger partial charge in [0, 0.05) is 16.9 Å². The molecule has 1 amide bonds. The second-order valence-corrected chi connectivity index (χ2v) is 6.70. The third kappa shape index (κ3) is 6.44. The first-order valence-corrected chi connectivity index (χ1v) is 8.00. The van der Waals surface area contributed by atoms with Crippen molar-refractivity contribution in [1.29, 1.82) is 0 Å². The highest BCUT2D eigenvalue weighted by Crippen LogP contribution is 2.22. The smallest absolute Gasteiger partial charge is 0.224 e. The standard InChI is InChI=1S/C15H21BrClNO/c1-15(2,8-5-9-16)11-18-14(19)10-12-6-3-4-7-13(12)17/h3-4,6-7H,5,8-11H2,1-2H3,(H,18,19). The number of halogens is 2. The van der Waals surface area contributed by atoms with E-state index in [2.05, 4.69) is 35.1 Å². The highest BCUT2D eigenvalue weighted by atomic mass is 79.9. The summed E-state index contributed by atoms with van der Waals surface area (Å²) in [5.74, 6) is 0.0278. The molecule has 0 radical (unpaired) electrons. The lowest BCUT2D eigenvalue weighted by Crippen LogP contribution is -2.35. The predicted octanol–water partition coefficient (Wildman–Crippen LogP) is 4.20. The third-order valence-corrected chi connectivity index (χ3v) is 3.99. The van der Waals surface area contributed by atoms with Crippen LogP contribution in [-0.4, -0.2) is 17.8 Å². The Labute approximate surface area is 129 Å². The molecule has 106 valence electrons. The van der Waals surface area contributed by atoms with E-state index in [1.807, 2.05) is 24.3 Å². The SMILES string of the molecule is CC(C)(CCCBr)CNC(=O)Cc1ccccc1Cl. The van der Waals surface area contributed by atoms with Crippen LogP contribution in [0, 0.1) is 5.41 Å². The van der Waals surface area contributed by atoms with Gasteiger partial charge in [-0.15, -0.1) is 0 Å². The van der Waals surface area contributed by atoms with Gasteiger partial charge in [-0.3, -0.25) is 4.79 Å². The molecule has 0 fully saturated rings. The summed E-state index contributed by atoms with van der Waals surface area (Å²) in [5.41, 5.74) is 1.00. The molecule has 1 aromatic rings. The van der Waals surface area contributed by atoms with Crippen molar-refractivity contribution in [3.05, 3.63) is 34.9 Å². The molecule has 0 heterocycles. The van der Waals surface area contributed by atoms with Crippen molar-refractivity contribution in [2.75, 3.05) is 11.9 Å². The van der Waals surface area contributed by atoms with Crippen LogP contribution >= 0.6 is 27.5 Å². The van der Waals surface area contributed by atoms with Crippen LogP contribution in [0.3, 0.4) is 0 Å². The van der Waals surface area contributed by atoms with E-state index in [-0.39, 0.29) is 11.3 Å². The molecular weight excluding hydrogens is 326 g/mol. The Morgan fingerprint density at radius 2 is 2.05 bits per heavy atom. The van der Waals surface area contributed by atoms with Gasteiger partial charge in [-0.05, 0) is 29.9 Å². The highest BCUT2D eigenvalue weighted by molar-refractivity contribution is 9.09. The summed E-state index contributed by atoms with van der Waals surface area (Å²) < 4.78 is 0. The van der Waals surface area contributed by atoms with Gasteiger partial charge < -0.3 is 5.32 Å². The van der Waals surface area contributed by atoms with E-state index in [9.17, 15) is 4.79 Å². The van der Waals surface area contributed by atoms with Crippen molar-refractivity contribution in [2.45, 2.75) is 33.1 Å². The zero-order chi connectivity index (χ0) is 14.3. The van der Waals surface area contributed by atoms with Gasteiger partial charge >= 0.3 is 0 Å². The Hall–Kier alpha value is -0.540. The number of carbonyl (C=O) groups is 1. The lowest BCUT2D eigenvalue weighted by molar-refractivity contribution is -0.120. The first kappa shape index (κ1) is 16.5. The lowest BCUT2D eigenvalue weighted by Gasteiger charge is -2.24. The fourth-order valence-corrected chi connectivity index (χ4v) is 2.33. The molecule has 0 aliphatic carbocycles. The number of hydrogen-bond acceptors (Lipinski definition) is 1. The molecule has 0 saturated carbocycles. The van der Waals surface area contributed by atoms with Crippen molar-refractivity contribution in [2.24, 2.45) is 5.41 Å². The molecular formula is C15H21BrClNO. The normalized spacial score (nSPS) is 11.4. The van der Waals surface area contributed by atoms with E-state index in [0.717, 1.165) is 23.7 Å². The summed E-state index contributed by atoms with van der Waals surface area (Å²) in [4.78, 5) is 11.9. The van der Waals surface area contributed by atoms with Crippen molar-refractivity contribution in [3.63, 3.8) is 0 Å². The van der Waals surface area contributed by atoms with E-state index in [0.29, 0.717) is 18.0 Å². The number of nitrogens with one attached hydrogen (secondary N) is 1. The van der Waals surface area contributed by atoms with Gasteiger partial charge in [-0.1, -0.05) is 59.6 Å². The van der Waals surface area contributed by atoms with Crippen LogP contribution in [-0.2, 0) is 11.2 Å². The maximum atomic E-state index is 11.9. The van der Waals surface area contributed by atoms with E-state index in [1.165, 1.54) is 0 Å². The number of carbonyl (C=O) groups excluding carboxylic acids is 1. The minimum atomic E-state index is 0.0278. The minimum Gasteiger partial charge on any atom is -0.355 e. The van der Waals surface area contributed by atoms with E-state index < -0.39 is 0 Å². The van der Waals surface area contributed by atoms with Crippen molar-refractivity contribution >= 4 is 33.4 Å². The Kier molecular flexibility index (Phi) is 6.87. The summed E-state index contributed by atoms with van der Waals surface area (Å²) in [6.07, 6.45) is 2.55. The average molecular weight is 347 g/mol. The van der Waals surface area contributed by atoms with Gasteiger partial charge in [-0.2, -0.15) is 0 Å². The van der Waals surface area contributed by atoms with Gasteiger partial charge in [-0.25, -0.2) is 0 Å². The Balaban J connectivity index is 2.42. The molecule has 1 N–H and O–H groups in total. The molecule has 0 bridgehead atoms. The fourth-order valence-electron chi connectivity index (χ4n) is 1.85. The largest absolute Gasteiger partial charge is 0.355 e. The minimum absolute atomic E-state index is 0.0278. The number of hydrogen-bond donors (Lipinski definition) is 1. The fraction of sp³-hybridized carbons (Fsp3) is 0.533. The molecule has 1 rings (SSSR count). The first-order valence-electron chi connectivity index (χ1n) is 6.51. The molecule has 0 spiro atoms. The molecule has 0 atom stereocenters. The molecule has 0 aromatic heterocycles. The topological polar surface area (TPSA) is 29.1 Å². The Bertz CT molecular complexity index is 420.